The number of carbonyl (C=O) groups is 3. The van der Waals surface area contributed by atoms with Gasteiger partial charge in [-0.25, -0.2) is 0 Å². The Bertz CT molecular complexity index is 1030. The van der Waals surface area contributed by atoms with E-state index in [9.17, 15) is 14.4 Å². The van der Waals surface area contributed by atoms with Crippen molar-refractivity contribution in [3.63, 3.8) is 0 Å². The lowest BCUT2D eigenvalue weighted by molar-refractivity contribution is -0.127. The van der Waals surface area contributed by atoms with E-state index in [1.807, 2.05) is 0 Å². The molecule has 0 aromatic heterocycles. The maximum absolute atomic E-state index is 12.6. The second kappa shape index (κ2) is 8.50. The van der Waals surface area contributed by atoms with Crippen molar-refractivity contribution in [2.75, 3.05) is 32.2 Å². The first-order valence-electron chi connectivity index (χ1n) is 9.12. The fraction of sp³-hybridized carbons (Fsp3) is 0.190. The number of carbonyl (C=O) groups excluding carboxylic acids is 3. The van der Waals surface area contributed by atoms with Gasteiger partial charge in [-0.1, -0.05) is 12.1 Å². The maximum Gasteiger partial charge on any atom is 0.294 e. The summed E-state index contributed by atoms with van der Waals surface area (Å²) in [5.74, 6) is 0.843. The van der Waals surface area contributed by atoms with E-state index in [0.29, 0.717) is 36.1 Å². The van der Waals surface area contributed by atoms with Gasteiger partial charge in [0.15, 0.2) is 11.5 Å². The molecule has 2 aromatic carbocycles. The van der Waals surface area contributed by atoms with Crippen molar-refractivity contribution in [3.05, 3.63) is 52.9 Å². The number of rotatable bonds is 5. The van der Waals surface area contributed by atoms with Gasteiger partial charge in [0.25, 0.3) is 11.1 Å². The molecule has 0 spiro atoms. The molecule has 2 heterocycles. The number of ether oxygens (including phenoxy) is 3. The fourth-order valence-electron chi connectivity index (χ4n) is 2.95. The number of hydrogen-bond donors (Lipinski definition) is 1. The Kier molecular flexibility index (Phi) is 5.62. The zero-order chi connectivity index (χ0) is 21.1. The molecule has 30 heavy (non-hydrogen) atoms. The zero-order valence-electron chi connectivity index (χ0n) is 16.0. The number of amides is 3. The summed E-state index contributed by atoms with van der Waals surface area (Å²) in [6.45, 7) is 0.530. The molecule has 2 aliphatic heterocycles. The van der Waals surface area contributed by atoms with Crippen LogP contribution in [0.25, 0.3) is 6.08 Å². The Hall–Kier alpha value is -3.46. The van der Waals surface area contributed by atoms with Gasteiger partial charge >= 0.3 is 0 Å². The SMILES string of the molecule is COc1ccc(/C=C2/SC(=O)N(CC(=O)Nc3ccc4c(c3)OCCO4)C2=O)cc1. The van der Waals surface area contributed by atoms with Gasteiger partial charge in [0.1, 0.15) is 25.5 Å². The first-order chi connectivity index (χ1) is 14.5. The van der Waals surface area contributed by atoms with Crippen LogP contribution in [0.4, 0.5) is 10.5 Å². The average Bonchev–Trinajstić information content (AvgIpc) is 3.01. The highest BCUT2D eigenvalue weighted by atomic mass is 32.2. The smallest absolute Gasteiger partial charge is 0.294 e. The average molecular weight is 426 g/mol. The summed E-state index contributed by atoms with van der Waals surface area (Å²) in [5.41, 5.74) is 1.24. The largest absolute Gasteiger partial charge is 0.497 e. The molecule has 0 unspecified atom stereocenters. The highest BCUT2D eigenvalue weighted by molar-refractivity contribution is 8.18. The molecular formula is C21H18N2O6S. The lowest BCUT2D eigenvalue weighted by atomic mass is 10.2. The fourth-order valence-corrected chi connectivity index (χ4v) is 3.79. The van der Waals surface area contributed by atoms with Gasteiger partial charge in [-0.3, -0.25) is 19.3 Å². The highest BCUT2D eigenvalue weighted by Gasteiger charge is 2.36. The summed E-state index contributed by atoms with van der Waals surface area (Å²) >= 11 is 0.804. The number of anilines is 1. The van der Waals surface area contributed by atoms with Gasteiger partial charge in [0.2, 0.25) is 5.91 Å². The van der Waals surface area contributed by atoms with Crippen LogP contribution in [0.15, 0.2) is 47.4 Å². The number of hydrogen-bond acceptors (Lipinski definition) is 7. The molecule has 1 fully saturated rings. The number of imide groups is 1. The third kappa shape index (κ3) is 4.25. The van der Waals surface area contributed by atoms with Crippen molar-refractivity contribution in [1.82, 2.24) is 4.90 Å². The van der Waals surface area contributed by atoms with Gasteiger partial charge in [0.05, 0.1) is 12.0 Å². The van der Waals surface area contributed by atoms with Gasteiger partial charge in [-0.2, -0.15) is 0 Å². The van der Waals surface area contributed by atoms with E-state index in [0.717, 1.165) is 22.2 Å². The minimum absolute atomic E-state index is 0.261. The van der Waals surface area contributed by atoms with Gasteiger partial charge < -0.3 is 19.5 Å². The van der Waals surface area contributed by atoms with Crippen LogP contribution < -0.4 is 19.5 Å². The third-order valence-corrected chi connectivity index (χ3v) is 5.32. The predicted octanol–water partition coefficient (Wildman–Crippen LogP) is 3.14. The Morgan fingerprint density at radius 1 is 1.13 bits per heavy atom. The Morgan fingerprint density at radius 2 is 1.87 bits per heavy atom. The zero-order valence-corrected chi connectivity index (χ0v) is 16.9. The second-order valence-electron chi connectivity index (χ2n) is 6.45. The number of nitrogens with zero attached hydrogens (tertiary/aromatic N) is 1. The summed E-state index contributed by atoms with van der Waals surface area (Å²) in [6, 6.07) is 12.1. The molecule has 0 atom stereocenters. The molecule has 0 saturated carbocycles. The number of thioether (sulfide) groups is 1. The van der Waals surface area contributed by atoms with E-state index in [1.54, 1.807) is 55.7 Å². The Morgan fingerprint density at radius 3 is 2.60 bits per heavy atom. The number of benzene rings is 2. The van der Waals surface area contributed by atoms with Crippen molar-refractivity contribution in [2.24, 2.45) is 0 Å². The summed E-state index contributed by atoms with van der Waals surface area (Å²) in [7, 11) is 1.57. The summed E-state index contributed by atoms with van der Waals surface area (Å²) in [4.78, 5) is 38.4. The van der Waals surface area contributed by atoms with Crippen molar-refractivity contribution in [3.8, 4) is 17.2 Å². The van der Waals surface area contributed by atoms with Crippen LogP contribution in [0.3, 0.4) is 0 Å². The third-order valence-electron chi connectivity index (χ3n) is 4.41. The number of nitrogens with one attached hydrogen (secondary N) is 1. The van der Waals surface area contributed by atoms with Crippen LogP contribution in [0.5, 0.6) is 17.2 Å². The lowest BCUT2D eigenvalue weighted by Crippen LogP contribution is -2.36. The number of methoxy groups -OCH3 is 1. The van der Waals surface area contributed by atoms with E-state index in [1.165, 1.54) is 0 Å². The highest BCUT2D eigenvalue weighted by Crippen LogP contribution is 2.34. The standard InChI is InChI=1S/C21H18N2O6S/c1-27-15-5-2-13(3-6-15)10-18-20(25)23(21(26)30-18)12-19(24)22-14-4-7-16-17(11-14)29-9-8-28-16/h2-7,10-11H,8-9,12H2,1H3,(H,22,24)/b18-10+. The van der Waals surface area contributed by atoms with Crippen molar-refractivity contribution >= 4 is 40.6 Å². The minimum atomic E-state index is -0.502. The van der Waals surface area contributed by atoms with Gasteiger partial charge in [0, 0.05) is 11.8 Å². The monoisotopic (exact) mass is 426 g/mol. The lowest BCUT2D eigenvalue weighted by Gasteiger charge is -2.19. The second-order valence-corrected chi connectivity index (χ2v) is 7.44. The molecule has 154 valence electrons. The van der Waals surface area contributed by atoms with Gasteiger partial charge in [-0.15, -0.1) is 0 Å². The molecule has 2 aromatic rings. The first-order valence-corrected chi connectivity index (χ1v) is 9.94. The first kappa shape index (κ1) is 19.8. The molecule has 9 heteroatoms. The molecule has 8 nitrogen and oxygen atoms in total. The molecule has 4 rings (SSSR count). The molecule has 0 radical (unpaired) electrons. The van der Waals surface area contributed by atoms with Crippen LogP contribution in [0, 0.1) is 0 Å². The van der Waals surface area contributed by atoms with E-state index >= 15 is 0 Å². The van der Waals surface area contributed by atoms with Gasteiger partial charge in [-0.05, 0) is 47.7 Å². The Labute approximate surface area is 176 Å². The molecule has 0 aliphatic carbocycles. The van der Waals surface area contributed by atoms with Crippen molar-refractivity contribution in [2.45, 2.75) is 0 Å². The van der Waals surface area contributed by atoms with E-state index in [2.05, 4.69) is 5.32 Å². The van der Waals surface area contributed by atoms with Crippen LogP contribution in [-0.4, -0.2) is 48.8 Å². The number of fused-ring (bicyclic) bond motifs is 1. The molecule has 1 N–H and O–H groups in total. The molecular weight excluding hydrogens is 408 g/mol. The summed E-state index contributed by atoms with van der Waals surface area (Å²) in [6.07, 6.45) is 1.61. The summed E-state index contributed by atoms with van der Waals surface area (Å²) < 4.78 is 16.0. The van der Waals surface area contributed by atoms with E-state index in [-0.39, 0.29) is 11.4 Å². The molecule has 1 saturated heterocycles. The topological polar surface area (TPSA) is 94.2 Å². The van der Waals surface area contributed by atoms with Crippen LogP contribution in [0.1, 0.15) is 5.56 Å². The molecule has 3 amide bonds. The van der Waals surface area contributed by atoms with E-state index in [4.69, 9.17) is 14.2 Å². The normalized spacial score (nSPS) is 16.7. The van der Waals surface area contributed by atoms with Crippen LogP contribution in [-0.2, 0) is 9.59 Å². The van der Waals surface area contributed by atoms with Crippen LogP contribution in [0.2, 0.25) is 0 Å². The van der Waals surface area contributed by atoms with Crippen molar-refractivity contribution in [1.29, 1.82) is 0 Å². The Balaban J connectivity index is 1.41. The predicted molar refractivity (Wildman–Crippen MR) is 112 cm³/mol. The quantitative estimate of drug-likeness (QED) is 0.734. The summed E-state index contributed by atoms with van der Waals surface area (Å²) in [5, 5.41) is 2.19. The maximum atomic E-state index is 12.6. The van der Waals surface area contributed by atoms with Crippen LogP contribution >= 0.6 is 11.8 Å². The molecule has 0 bridgehead atoms. The van der Waals surface area contributed by atoms with Crippen molar-refractivity contribution < 1.29 is 28.6 Å². The molecule has 2 aliphatic rings. The minimum Gasteiger partial charge on any atom is -0.497 e. The van der Waals surface area contributed by atoms with E-state index < -0.39 is 17.1 Å².